The number of aromatic nitrogens is 4. The number of nitrogens with one attached hydrogen (secondary N) is 2. The summed E-state index contributed by atoms with van der Waals surface area (Å²) in [4.78, 5) is 22.0. The maximum absolute atomic E-state index is 12.3. The maximum Gasteiger partial charge on any atom is 0.251 e. The molecule has 1 saturated carbocycles. The molecular formula is C25H26N6O. The van der Waals surface area contributed by atoms with Gasteiger partial charge in [-0.15, -0.1) is 0 Å². The molecule has 1 aliphatic carbocycles. The van der Waals surface area contributed by atoms with Crippen molar-refractivity contribution in [2.75, 3.05) is 18.4 Å². The average Bonchev–Trinajstić information content (AvgIpc) is 3.61. The average molecular weight is 427 g/mol. The van der Waals surface area contributed by atoms with Gasteiger partial charge in [0.2, 0.25) is 0 Å². The predicted molar refractivity (Wildman–Crippen MR) is 125 cm³/mol. The van der Waals surface area contributed by atoms with Gasteiger partial charge in [0.25, 0.3) is 5.91 Å². The van der Waals surface area contributed by atoms with E-state index in [1.54, 1.807) is 0 Å². The number of nitrogens with zero attached hydrogens (tertiary/aromatic N) is 4. The molecule has 1 aliphatic rings. The van der Waals surface area contributed by atoms with Crippen LogP contribution in [0.3, 0.4) is 0 Å². The second-order valence-corrected chi connectivity index (χ2v) is 8.28. The van der Waals surface area contributed by atoms with Crippen LogP contribution in [0.15, 0.2) is 54.6 Å². The number of hydrogen-bond donors (Lipinski definition) is 2. The van der Waals surface area contributed by atoms with E-state index >= 15 is 0 Å². The Morgan fingerprint density at radius 2 is 1.75 bits per heavy atom. The first-order valence-corrected chi connectivity index (χ1v) is 11.0. The van der Waals surface area contributed by atoms with E-state index in [0.29, 0.717) is 24.6 Å². The zero-order chi connectivity index (χ0) is 22.1. The fourth-order valence-electron chi connectivity index (χ4n) is 3.77. The lowest BCUT2D eigenvalue weighted by Crippen LogP contribution is -2.29. The highest BCUT2D eigenvalue weighted by Crippen LogP contribution is 2.40. The van der Waals surface area contributed by atoms with Gasteiger partial charge < -0.3 is 10.6 Å². The number of fused-ring (bicyclic) bond motifs is 1. The lowest BCUT2D eigenvalue weighted by atomic mass is 10.2. The predicted octanol–water partition coefficient (Wildman–Crippen LogP) is 4.15. The third-order valence-electron chi connectivity index (χ3n) is 5.68. The number of hydrogen-bond acceptors (Lipinski definition) is 5. The molecule has 162 valence electrons. The zero-order valence-corrected chi connectivity index (χ0v) is 18.3. The van der Waals surface area contributed by atoms with Crippen molar-refractivity contribution < 1.29 is 4.79 Å². The SMILES string of the molecule is Cc1ccc(-n2nc(C)c3c(NCCNC(=O)c4ccccc4)nc(C4CC4)nc32)cc1. The molecule has 0 bridgehead atoms. The van der Waals surface area contributed by atoms with Crippen LogP contribution in [0, 0.1) is 13.8 Å². The van der Waals surface area contributed by atoms with E-state index in [4.69, 9.17) is 15.1 Å². The van der Waals surface area contributed by atoms with Gasteiger partial charge in [-0.3, -0.25) is 4.79 Å². The first-order chi connectivity index (χ1) is 15.6. The Kier molecular flexibility index (Phi) is 5.31. The highest BCUT2D eigenvalue weighted by atomic mass is 16.1. The fourth-order valence-corrected chi connectivity index (χ4v) is 3.77. The molecular weight excluding hydrogens is 400 g/mol. The quantitative estimate of drug-likeness (QED) is 0.434. The van der Waals surface area contributed by atoms with Crippen LogP contribution in [0.4, 0.5) is 5.82 Å². The molecule has 2 aromatic heterocycles. The normalized spacial score (nSPS) is 13.3. The largest absolute Gasteiger partial charge is 0.368 e. The summed E-state index contributed by atoms with van der Waals surface area (Å²) in [7, 11) is 0. The Hall–Kier alpha value is -3.74. The van der Waals surface area contributed by atoms with Crippen molar-refractivity contribution in [3.05, 3.63) is 77.2 Å². The number of benzene rings is 2. The maximum atomic E-state index is 12.3. The first-order valence-electron chi connectivity index (χ1n) is 11.0. The van der Waals surface area contributed by atoms with Crippen LogP contribution in [0.1, 0.15) is 46.2 Å². The molecule has 2 aromatic carbocycles. The molecule has 2 N–H and O–H groups in total. The number of rotatable bonds is 7. The fraction of sp³-hybridized carbons (Fsp3) is 0.280. The van der Waals surface area contributed by atoms with E-state index in [2.05, 4.69) is 41.8 Å². The van der Waals surface area contributed by atoms with Crippen molar-refractivity contribution in [2.24, 2.45) is 0 Å². The summed E-state index contributed by atoms with van der Waals surface area (Å²) in [6, 6.07) is 17.5. The van der Waals surface area contributed by atoms with Gasteiger partial charge in [-0.25, -0.2) is 14.6 Å². The zero-order valence-electron chi connectivity index (χ0n) is 18.3. The number of anilines is 1. The van der Waals surface area contributed by atoms with Gasteiger partial charge in [-0.05, 0) is 51.0 Å². The summed E-state index contributed by atoms with van der Waals surface area (Å²) >= 11 is 0. The molecule has 1 amide bonds. The summed E-state index contributed by atoms with van der Waals surface area (Å²) in [5.74, 6) is 1.98. The second kappa shape index (κ2) is 8.42. The van der Waals surface area contributed by atoms with E-state index in [9.17, 15) is 4.79 Å². The highest BCUT2D eigenvalue weighted by Gasteiger charge is 2.29. The van der Waals surface area contributed by atoms with Crippen LogP contribution >= 0.6 is 0 Å². The lowest BCUT2D eigenvalue weighted by Gasteiger charge is -2.11. The Labute approximate surface area is 186 Å². The molecule has 4 aromatic rings. The summed E-state index contributed by atoms with van der Waals surface area (Å²) < 4.78 is 1.90. The number of amides is 1. The minimum atomic E-state index is -0.0812. The summed E-state index contributed by atoms with van der Waals surface area (Å²) in [6.07, 6.45) is 2.24. The van der Waals surface area contributed by atoms with Crippen LogP contribution in [0.2, 0.25) is 0 Å². The van der Waals surface area contributed by atoms with Crippen LogP contribution in [-0.2, 0) is 0 Å². The molecule has 2 heterocycles. The third kappa shape index (κ3) is 4.06. The van der Waals surface area contributed by atoms with Crippen molar-refractivity contribution in [1.82, 2.24) is 25.1 Å². The molecule has 0 aliphatic heterocycles. The summed E-state index contributed by atoms with van der Waals surface area (Å²) in [5, 5.41) is 12.1. The molecule has 0 saturated heterocycles. The minimum absolute atomic E-state index is 0.0812. The standard InChI is InChI=1S/C25H26N6O/c1-16-8-12-20(13-9-16)31-24-21(17(2)30-31)23(28-22(29-24)18-10-11-18)26-14-15-27-25(32)19-6-4-3-5-7-19/h3-9,12-13,18H,10-11,14-15H2,1-2H3,(H,27,32)(H,26,28,29). The van der Waals surface area contributed by atoms with Crippen molar-refractivity contribution in [3.8, 4) is 5.69 Å². The molecule has 0 atom stereocenters. The van der Waals surface area contributed by atoms with Gasteiger partial charge in [0, 0.05) is 24.6 Å². The van der Waals surface area contributed by atoms with E-state index in [1.807, 2.05) is 41.9 Å². The number of carbonyl (C=O) groups excluding carboxylic acids is 1. The van der Waals surface area contributed by atoms with Gasteiger partial charge in [0.1, 0.15) is 11.6 Å². The van der Waals surface area contributed by atoms with Crippen LogP contribution in [-0.4, -0.2) is 38.7 Å². The van der Waals surface area contributed by atoms with E-state index in [-0.39, 0.29) is 5.91 Å². The lowest BCUT2D eigenvalue weighted by molar-refractivity contribution is 0.0955. The van der Waals surface area contributed by atoms with Gasteiger partial charge in [-0.1, -0.05) is 35.9 Å². The Morgan fingerprint density at radius 3 is 2.47 bits per heavy atom. The Balaban J connectivity index is 1.40. The monoisotopic (exact) mass is 426 g/mol. The summed E-state index contributed by atoms with van der Waals surface area (Å²) in [6.45, 7) is 5.10. The number of aryl methyl sites for hydroxylation is 2. The molecule has 32 heavy (non-hydrogen) atoms. The van der Waals surface area contributed by atoms with E-state index in [1.165, 1.54) is 5.56 Å². The van der Waals surface area contributed by atoms with Crippen LogP contribution in [0.5, 0.6) is 0 Å². The second-order valence-electron chi connectivity index (χ2n) is 8.28. The van der Waals surface area contributed by atoms with Gasteiger partial charge >= 0.3 is 0 Å². The van der Waals surface area contributed by atoms with E-state index < -0.39 is 0 Å². The third-order valence-corrected chi connectivity index (χ3v) is 5.68. The smallest absolute Gasteiger partial charge is 0.251 e. The van der Waals surface area contributed by atoms with Crippen molar-refractivity contribution >= 4 is 22.8 Å². The molecule has 1 fully saturated rings. The van der Waals surface area contributed by atoms with Gasteiger partial charge in [-0.2, -0.15) is 5.10 Å². The minimum Gasteiger partial charge on any atom is -0.368 e. The molecule has 5 rings (SSSR count). The Bertz CT molecular complexity index is 1260. The van der Waals surface area contributed by atoms with Gasteiger partial charge in [0.15, 0.2) is 5.65 Å². The van der Waals surface area contributed by atoms with Crippen molar-refractivity contribution in [3.63, 3.8) is 0 Å². The molecule has 0 radical (unpaired) electrons. The summed E-state index contributed by atoms with van der Waals surface area (Å²) in [5.41, 5.74) is 4.53. The topological polar surface area (TPSA) is 84.7 Å². The van der Waals surface area contributed by atoms with Crippen molar-refractivity contribution in [1.29, 1.82) is 0 Å². The van der Waals surface area contributed by atoms with Crippen molar-refractivity contribution in [2.45, 2.75) is 32.6 Å². The number of carbonyl (C=O) groups is 1. The first kappa shape index (κ1) is 20.2. The molecule has 7 heteroatoms. The molecule has 7 nitrogen and oxygen atoms in total. The van der Waals surface area contributed by atoms with Crippen LogP contribution in [0.25, 0.3) is 16.7 Å². The van der Waals surface area contributed by atoms with Crippen LogP contribution < -0.4 is 10.6 Å². The van der Waals surface area contributed by atoms with E-state index in [0.717, 1.165) is 46.9 Å². The Morgan fingerprint density at radius 1 is 1.00 bits per heavy atom. The molecule has 0 spiro atoms. The highest BCUT2D eigenvalue weighted by molar-refractivity contribution is 5.94. The van der Waals surface area contributed by atoms with Gasteiger partial charge in [0.05, 0.1) is 16.8 Å². The molecule has 0 unspecified atom stereocenters.